The zero-order valence-electron chi connectivity index (χ0n) is 12.9. The van der Waals surface area contributed by atoms with Crippen molar-refractivity contribution < 1.29 is 4.79 Å². The van der Waals surface area contributed by atoms with E-state index in [0.717, 1.165) is 31.4 Å². The van der Waals surface area contributed by atoms with Gasteiger partial charge < -0.3 is 11.1 Å². The van der Waals surface area contributed by atoms with E-state index in [1.54, 1.807) is 6.20 Å². The van der Waals surface area contributed by atoms with Gasteiger partial charge >= 0.3 is 0 Å². The van der Waals surface area contributed by atoms with E-state index in [9.17, 15) is 4.79 Å². The van der Waals surface area contributed by atoms with Crippen LogP contribution < -0.4 is 11.1 Å². The Morgan fingerprint density at radius 1 is 1.35 bits per heavy atom. The van der Waals surface area contributed by atoms with Gasteiger partial charge in [-0.15, -0.1) is 0 Å². The lowest BCUT2D eigenvalue weighted by Crippen LogP contribution is -2.40. The summed E-state index contributed by atoms with van der Waals surface area (Å²) in [7, 11) is 0. The van der Waals surface area contributed by atoms with Gasteiger partial charge in [0.25, 0.3) is 5.91 Å². The van der Waals surface area contributed by atoms with Crippen LogP contribution in [0.2, 0.25) is 0 Å². The van der Waals surface area contributed by atoms with Crippen LogP contribution in [-0.2, 0) is 5.54 Å². The van der Waals surface area contributed by atoms with E-state index in [2.05, 4.69) is 31.2 Å². The molecule has 0 aliphatic heterocycles. The van der Waals surface area contributed by atoms with Crippen LogP contribution in [-0.4, -0.2) is 27.8 Å². The van der Waals surface area contributed by atoms with Gasteiger partial charge in [-0.05, 0) is 53.4 Å². The molecule has 1 saturated carbocycles. The van der Waals surface area contributed by atoms with Crippen LogP contribution in [0.4, 0.5) is 0 Å². The summed E-state index contributed by atoms with van der Waals surface area (Å²) in [5, 5.41) is 7.46. The highest BCUT2D eigenvalue weighted by Gasteiger charge is 2.24. The Morgan fingerprint density at radius 3 is 2.45 bits per heavy atom. The van der Waals surface area contributed by atoms with E-state index < -0.39 is 0 Å². The molecule has 1 heterocycles. The summed E-state index contributed by atoms with van der Waals surface area (Å²) in [6, 6.07) is 0.549. The summed E-state index contributed by atoms with van der Waals surface area (Å²) in [6.07, 6.45) is 5.60. The maximum atomic E-state index is 12.4. The number of nitrogens with one attached hydrogen (secondary N) is 1. The molecule has 1 amide bonds. The molecule has 0 radical (unpaired) electrons. The molecule has 2 rings (SSSR count). The summed E-state index contributed by atoms with van der Waals surface area (Å²) < 4.78 is 1.90. The molecule has 0 unspecified atom stereocenters. The van der Waals surface area contributed by atoms with Gasteiger partial charge in [0.2, 0.25) is 0 Å². The lowest BCUT2D eigenvalue weighted by molar-refractivity contribution is 0.0925. The average molecular weight is 278 g/mol. The molecule has 1 aromatic rings. The molecule has 0 spiro atoms. The van der Waals surface area contributed by atoms with E-state index in [0.29, 0.717) is 11.6 Å². The second-order valence-electron chi connectivity index (χ2n) is 6.81. The van der Waals surface area contributed by atoms with Crippen LogP contribution >= 0.6 is 0 Å². The Balaban J connectivity index is 2.05. The molecule has 112 valence electrons. The minimum absolute atomic E-state index is 0.0153. The number of nitrogens with zero attached hydrogens (tertiary/aromatic N) is 2. The maximum absolute atomic E-state index is 12.4. The van der Waals surface area contributed by atoms with Gasteiger partial charge in [0.1, 0.15) is 0 Å². The van der Waals surface area contributed by atoms with Gasteiger partial charge in [0.05, 0.1) is 17.3 Å². The van der Waals surface area contributed by atoms with E-state index in [1.807, 2.05) is 11.6 Å². The van der Waals surface area contributed by atoms with Crippen molar-refractivity contribution in [2.24, 2.45) is 5.73 Å². The number of amides is 1. The average Bonchev–Trinajstić information content (AvgIpc) is 2.74. The third-order valence-corrected chi connectivity index (χ3v) is 4.00. The molecule has 1 fully saturated rings. The summed E-state index contributed by atoms with van der Waals surface area (Å²) in [5.41, 5.74) is 7.37. The Kier molecular flexibility index (Phi) is 4.18. The molecule has 1 aliphatic rings. The number of nitrogens with two attached hydrogens (primary N) is 1. The molecule has 5 heteroatoms. The number of carbonyl (C=O) groups excluding carboxylic acids is 1. The van der Waals surface area contributed by atoms with Crippen LogP contribution in [0.1, 0.15) is 62.5 Å². The summed E-state index contributed by atoms with van der Waals surface area (Å²) >= 11 is 0. The molecule has 3 N–H and O–H groups in total. The molecule has 1 aromatic heterocycles. The topological polar surface area (TPSA) is 72.9 Å². The zero-order chi connectivity index (χ0) is 14.9. The van der Waals surface area contributed by atoms with E-state index in [4.69, 9.17) is 5.73 Å². The van der Waals surface area contributed by atoms with Gasteiger partial charge in [0, 0.05) is 17.8 Å². The highest BCUT2D eigenvalue weighted by molar-refractivity contribution is 5.95. The third kappa shape index (κ3) is 3.20. The molecule has 0 bridgehead atoms. The summed E-state index contributed by atoms with van der Waals surface area (Å²) in [4.78, 5) is 12.4. The standard InChI is InChI=1S/C15H26N4O/c1-10-13(9-17-19(10)15(2,3)4)14(20)18-12-7-5-11(16)6-8-12/h9,11-12H,5-8,16H2,1-4H3,(H,18,20). The molecule has 1 aliphatic carbocycles. The number of carbonyl (C=O) groups is 1. The fraction of sp³-hybridized carbons (Fsp3) is 0.733. The predicted molar refractivity (Wildman–Crippen MR) is 79.7 cm³/mol. The summed E-state index contributed by atoms with van der Waals surface area (Å²) in [5.74, 6) is -0.0153. The number of rotatable bonds is 2. The second-order valence-corrected chi connectivity index (χ2v) is 6.81. The van der Waals surface area contributed by atoms with Crippen LogP contribution in [0.25, 0.3) is 0 Å². The highest BCUT2D eigenvalue weighted by atomic mass is 16.1. The number of hydrogen-bond donors (Lipinski definition) is 2. The molecule has 20 heavy (non-hydrogen) atoms. The Labute approximate surface area is 120 Å². The van der Waals surface area contributed by atoms with Crippen molar-refractivity contribution in [1.82, 2.24) is 15.1 Å². The second kappa shape index (κ2) is 5.56. The van der Waals surface area contributed by atoms with Crippen LogP contribution in [0.5, 0.6) is 0 Å². The van der Waals surface area contributed by atoms with Crippen molar-refractivity contribution in [3.05, 3.63) is 17.5 Å². The number of aromatic nitrogens is 2. The van der Waals surface area contributed by atoms with Crippen LogP contribution in [0, 0.1) is 6.92 Å². The molecule has 5 nitrogen and oxygen atoms in total. The molecular weight excluding hydrogens is 252 g/mol. The van der Waals surface area contributed by atoms with Crippen molar-refractivity contribution in [3.8, 4) is 0 Å². The SMILES string of the molecule is Cc1c(C(=O)NC2CCC(N)CC2)cnn1C(C)(C)C. The van der Waals surface area contributed by atoms with Gasteiger partial charge in [-0.2, -0.15) is 5.10 Å². The first-order valence-corrected chi connectivity index (χ1v) is 7.40. The fourth-order valence-corrected chi connectivity index (χ4v) is 2.84. The van der Waals surface area contributed by atoms with E-state index in [1.165, 1.54) is 0 Å². The van der Waals surface area contributed by atoms with Crippen molar-refractivity contribution >= 4 is 5.91 Å². The van der Waals surface area contributed by atoms with Crippen LogP contribution in [0.15, 0.2) is 6.20 Å². The fourth-order valence-electron chi connectivity index (χ4n) is 2.84. The molecule has 0 atom stereocenters. The minimum Gasteiger partial charge on any atom is -0.349 e. The highest BCUT2D eigenvalue weighted by Crippen LogP contribution is 2.20. The van der Waals surface area contributed by atoms with E-state index in [-0.39, 0.29) is 17.5 Å². The normalized spacial score (nSPS) is 23.6. The van der Waals surface area contributed by atoms with Gasteiger partial charge in [0.15, 0.2) is 0 Å². The first kappa shape index (κ1) is 15.0. The van der Waals surface area contributed by atoms with Crippen LogP contribution in [0.3, 0.4) is 0 Å². The predicted octanol–water partition coefficient (Wildman–Crippen LogP) is 1.95. The van der Waals surface area contributed by atoms with Crippen molar-refractivity contribution in [2.75, 3.05) is 0 Å². The summed E-state index contributed by atoms with van der Waals surface area (Å²) in [6.45, 7) is 8.19. The molecule has 0 aromatic carbocycles. The molecule has 0 saturated heterocycles. The Hall–Kier alpha value is -1.36. The van der Waals surface area contributed by atoms with Crippen molar-refractivity contribution in [1.29, 1.82) is 0 Å². The smallest absolute Gasteiger partial charge is 0.254 e. The first-order chi connectivity index (χ1) is 9.29. The monoisotopic (exact) mass is 278 g/mol. The number of hydrogen-bond acceptors (Lipinski definition) is 3. The zero-order valence-corrected chi connectivity index (χ0v) is 12.9. The lowest BCUT2D eigenvalue weighted by Gasteiger charge is -2.27. The van der Waals surface area contributed by atoms with Gasteiger partial charge in [-0.1, -0.05) is 0 Å². The van der Waals surface area contributed by atoms with Crippen molar-refractivity contribution in [2.45, 2.75) is 71.0 Å². The minimum atomic E-state index is -0.111. The largest absolute Gasteiger partial charge is 0.349 e. The lowest BCUT2D eigenvalue weighted by atomic mass is 9.91. The van der Waals surface area contributed by atoms with E-state index >= 15 is 0 Å². The van der Waals surface area contributed by atoms with Gasteiger partial charge in [-0.3, -0.25) is 9.48 Å². The van der Waals surface area contributed by atoms with Gasteiger partial charge in [-0.25, -0.2) is 0 Å². The Morgan fingerprint density at radius 2 is 1.95 bits per heavy atom. The maximum Gasteiger partial charge on any atom is 0.254 e. The first-order valence-electron chi connectivity index (χ1n) is 7.40. The Bertz CT molecular complexity index is 479. The third-order valence-electron chi connectivity index (χ3n) is 4.00. The van der Waals surface area contributed by atoms with Crippen molar-refractivity contribution in [3.63, 3.8) is 0 Å². The molecular formula is C15H26N4O. The quantitative estimate of drug-likeness (QED) is 0.868.